The molecule has 0 bridgehead atoms. The second kappa shape index (κ2) is 9.50. The minimum atomic E-state index is -0.458. The maximum absolute atomic E-state index is 12.7. The van der Waals surface area contributed by atoms with Crippen molar-refractivity contribution in [3.05, 3.63) is 106 Å². The van der Waals surface area contributed by atoms with Gasteiger partial charge >= 0.3 is 0 Å². The molecule has 1 heterocycles. The Bertz CT molecular complexity index is 1010. The number of amides is 2. The Morgan fingerprint density at radius 1 is 0.966 bits per heavy atom. The molecule has 1 atom stereocenters. The number of aryl methyl sites for hydroxylation is 1. The van der Waals surface area contributed by atoms with E-state index in [1.807, 2.05) is 49.4 Å². The van der Waals surface area contributed by atoms with Crippen molar-refractivity contribution in [1.29, 1.82) is 0 Å². The molecule has 148 valence electrons. The van der Waals surface area contributed by atoms with Crippen molar-refractivity contribution in [2.45, 2.75) is 25.9 Å². The molecule has 3 rings (SSSR count). The third-order valence-electron chi connectivity index (χ3n) is 4.55. The lowest BCUT2D eigenvalue weighted by Gasteiger charge is -2.19. The van der Waals surface area contributed by atoms with Crippen LogP contribution in [-0.2, 0) is 11.3 Å². The van der Waals surface area contributed by atoms with Crippen LogP contribution in [0.25, 0.3) is 0 Å². The van der Waals surface area contributed by atoms with Crippen LogP contribution < -0.4 is 16.2 Å². The number of rotatable bonds is 7. The van der Waals surface area contributed by atoms with E-state index in [4.69, 9.17) is 0 Å². The van der Waals surface area contributed by atoms with Crippen LogP contribution in [0.15, 0.2) is 77.7 Å². The highest BCUT2D eigenvalue weighted by molar-refractivity contribution is 5.94. The van der Waals surface area contributed by atoms with Crippen LogP contribution >= 0.6 is 0 Å². The van der Waals surface area contributed by atoms with Crippen molar-refractivity contribution in [2.24, 2.45) is 0 Å². The molecule has 0 aliphatic heterocycles. The SMILES string of the molecule is Cc1ccc(C(=O)NC(CC(=O)NCc2ccc(=O)[nH]c2)c2ccccc2)cc1. The van der Waals surface area contributed by atoms with Crippen LogP contribution in [0.4, 0.5) is 0 Å². The summed E-state index contributed by atoms with van der Waals surface area (Å²) in [5.41, 5.74) is 3.07. The third-order valence-corrected chi connectivity index (χ3v) is 4.55. The minimum absolute atomic E-state index is 0.102. The fraction of sp³-hybridized carbons (Fsp3) is 0.174. The van der Waals surface area contributed by atoms with Gasteiger partial charge in [0.2, 0.25) is 11.5 Å². The number of pyridine rings is 1. The number of carbonyl (C=O) groups excluding carboxylic acids is 2. The average molecular weight is 389 g/mol. The Morgan fingerprint density at radius 2 is 1.69 bits per heavy atom. The topological polar surface area (TPSA) is 91.1 Å². The van der Waals surface area contributed by atoms with Crippen molar-refractivity contribution in [3.63, 3.8) is 0 Å². The fourth-order valence-corrected chi connectivity index (χ4v) is 2.90. The minimum Gasteiger partial charge on any atom is -0.352 e. The maximum atomic E-state index is 12.7. The van der Waals surface area contributed by atoms with Crippen LogP contribution in [0.1, 0.15) is 39.5 Å². The number of nitrogens with one attached hydrogen (secondary N) is 3. The molecular formula is C23H23N3O3. The molecule has 0 saturated carbocycles. The van der Waals surface area contributed by atoms with E-state index in [0.717, 1.165) is 16.7 Å². The second-order valence-corrected chi connectivity index (χ2v) is 6.84. The largest absolute Gasteiger partial charge is 0.352 e. The van der Waals surface area contributed by atoms with Crippen LogP contribution in [-0.4, -0.2) is 16.8 Å². The zero-order valence-electron chi connectivity index (χ0n) is 16.1. The molecular weight excluding hydrogens is 366 g/mol. The van der Waals surface area contributed by atoms with Gasteiger partial charge in [-0.15, -0.1) is 0 Å². The summed E-state index contributed by atoms with van der Waals surface area (Å²) in [5, 5.41) is 5.79. The van der Waals surface area contributed by atoms with E-state index >= 15 is 0 Å². The average Bonchev–Trinajstić information content (AvgIpc) is 2.74. The Hall–Kier alpha value is -3.67. The summed E-state index contributed by atoms with van der Waals surface area (Å²) in [4.78, 5) is 38.8. The fourth-order valence-electron chi connectivity index (χ4n) is 2.90. The van der Waals surface area contributed by atoms with Crippen molar-refractivity contribution in [3.8, 4) is 0 Å². The number of H-pyrrole nitrogens is 1. The van der Waals surface area contributed by atoms with Gasteiger partial charge in [-0.1, -0.05) is 54.1 Å². The van der Waals surface area contributed by atoms with E-state index < -0.39 is 6.04 Å². The quantitative estimate of drug-likeness (QED) is 0.580. The lowest BCUT2D eigenvalue weighted by Crippen LogP contribution is -2.33. The summed E-state index contributed by atoms with van der Waals surface area (Å²) in [6.07, 6.45) is 1.67. The van der Waals surface area contributed by atoms with Crippen LogP contribution in [0.3, 0.4) is 0 Å². The molecule has 6 nitrogen and oxygen atoms in total. The zero-order chi connectivity index (χ0) is 20.6. The molecule has 2 aromatic carbocycles. The summed E-state index contributed by atoms with van der Waals surface area (Å²) in [6.45, 7) is 2.25. The van der Waals surface area contributed by atoms with Gasteiger partial charge in [0, 0.05) is 24.4 Å². The van der Waals surface area contributed by atoms with Gasteiger partial charge in [0.15, 0.2) is 0 Å². The van der Waals surface area contributed by atoms with Gasteiger partial charge in [-0.05, 0) is 30.2 Å². The highest BCUT2D eigenvalue weighted by Gasteiger charge is 2.19. The lowest BCUT2D eigenvalue weighted by atomic mass is 10.0. The molecule has 0 saturated heterocycles. The Kier molecular flexibility index (Phi) is 6.58. The first-order chi connectivity index (χ1) is 14.0. The summed E-state index contributed by atoms with van der Waals surface area (Å²) in [7, 11) is 0. The van der Waals surface area contributed by atoms with Crippen molar-refractivity contribution in [1.82, 2.24) is 15.6 Å². The Morgan fingerprint density at radius 3 is 2.34 bits per heavy atom. The molecule has 3 aromatic rings. The molecule has 29 heavy (non-hydrogen) atoms. The van der Waals surface area contributed by atoms with Crippen molar-refractivity contribution >= 4 is 11.8 Å². The number of carbonyl (C=O) groups is 2. The van der Waals surface area contributed by atoms with Crippen LogP contribution in [0.5, 0.6) is 0 Å². The van der Waals surface area contributed by atoms with Gasteiger partial charge < -0.3 is 15.6 Å². The second-order valence-electron chi connectivity index (χ2n) is 6.84. The molecule has 2 amide bonds. The van der Waals surface area contributed by atoms with Gasteiger partial charge in [0.25, 0.3) is 5.91 Å². The highest BCUT2D eigenvalue weighted by Crippen LogP contribution is 2.18. The first kappa shape index (κ1) is 20.1. The Balaban J connectivity index is 1.67. The van der Waals surface area contributed by atoms with Gasteiger partial charge in [0.1, 0.15) is 0 Å². The standard InChI is InChI=1S/C23H23N3O3/c1-16-7-10-19(11-8-16)23(29)26-20(18-5-3-2-4-6-18)13-22(28)25-15-17-9-12-21(27)24-14-17/h2-12,14,20H,13,15H2,1H3,(H,24,27)(H,25,28)(H,26,29). The smallest absolute Gasteiger partial charge is 0.251 e. The first-order valence-corrected chi connectivity index (χ1v) is 9.38. The van der Waals surface area contributed by atoms with E-state index in [2.05, 4.69) is 15.6 Å². The molecule has 0 spiro atoms. The molecule has 0 aliphatic carbocycles. The number of aromatic nitrogens is 1. The van der Waals surface area contributed by atoms with Crippen LogP contribution in [0, 0.1) is 6.92 Å². The van der Waals surface area contributed by atoms with E-state index in [9.17, 15) is 14.4 Å². The maximum Gasteiger partial charge on any atom is 0.251 e. The zero-order valence-corrected chi connectivity index (χ0v) is 16.1. The van der Waals surface area contributed by atoms with E-state index in [1.54, 1.807) is 24.4 Å². The summed E-state index contributed by atoms with van der Waals surface area (Å²) in [5.74, 6) is -0.429. The van der Waals surface area contributed by atoms with Gasteiger partial charge in [0.05, 0.1) is 12.5 Å². The number of hydrogen-bond acceptors (Lipinski definition) is 3. The predicted molar refractivity (Wildman–Crippen MR) is 111 cm³/mol. The molecule has 6 heteroatoms. The Labute approximate surface area is 169 Å². The molecule has 1 aromatic heterocycles. The van der Waals surface area contributed by atoms with E-state index in [-0.39, 0.29) is 23.8 Å². The molecule has 0 radical (unpaired) electrons. The van der Waals surface area contributed by atoms with E-state index in [0.29, 0.717) is 12.1 Å². The highest BCUT2D eigenvalue weighted by atomic mass is 16.2. The van der Waals surface area contributed by atoms with Gasteiger partial charge in [-0.25, -0.2) is 0 Å². The summed E-state index contributed by atoms with van der Waals surface area (Å²) >= 11 is 0. The molecule has 0 fully saturated rings. The number of hydrogen-bond donors (Lipinski definition) is 3. The first-order valence-electron chi connectivity index (χ1n) is 9.38. The molecule has 0 aliphatic rings. The van der Waals surface area contributed by atoms with Crippen LogP contribution in [0.2, 0.25) is 0 Å². The normalized spacial score (nSPS) is 11.5. The summed E-state index contributed by atoms with van der Waals surface area (Å²) < 4.78 is 0. The lowest BCUT2D eigenvalue weighted by molar-refractivity contribution is -0.121. The van der Waals surface area contributed by atoms with E-state index in [1.165, 1.54) is 6.07 Å². The number of aromatic amines is 1. The molecule has 3 N–H and O–H groups in total. The van der Waals surface area contributed by atoms with Crippen molar-refractivity contribution in [2.75, 3.05) is 0 Å². The molecule has 1 unspecified atom stereocenters. The third kappa shape index (κ3) is 5.90. The number of benzene rings is 2. The predicted octanol–water partition coefficient (Wildman–Crippen LogP) is 2.86. The van der Waals surface area contributed by atoms with Gasteiger partial charge in [-0.2, -0.15) is 0 Å². The van der Waals surface area contributed by atoms with Gasteiger partial charge in [-0.3, -0.25) is 14.4 Å². The monoisotopic (exact) mass is 389 g/mol. The summed E-state index contributed by atoms with van der Waals surface area (Å²) in [6, 6.07) is 19.3. The van der Waals surface area contributed by atoms with Crippen molar-refractivity contribution < 1.29 is 9.59 Å².